The Kier molecular flexibility index (Phi) is 8.37. The molecule has 2 atom stereocenters. The Morgan fingerprint density at radius 3 is 2.42 bits per heavy atom. The van der Waals surface area contributed by atoms with E-state index < -0.39 is 6.04 Å². The van der Waals surface area contributed by atoms with E-state index in [2.05, 4.69) is 20.8 Å². The van der Waals surface area contributed by atoms with Gasteiger partial charge in [-0.2, -0.15) is 0 Å². The molecule has 0 aliphatic carbocycles. The van der Waals surface area contributed by atoms with Gasteiger partial charge in [-0.1, -0.05) is 55.9 Å². The van der Waals surface area contributed by atoms with E-state index in [1.165, 1.54) is 11.3 Å². The predicted octanol–water partition coefficient (Wildman–Crippen LogP) is 3.93. The maximum Gasteiger partial charge on any atom is 0.249 e. The van der Waals surface area contributed by atoms with Crippen LogP contribution in [0.1, 0.15) is 25.8 Å². The first-order valence-corrected chi connectivity index (χ1v) is 11.5. The van der Waals surface area contributed by atoms with Crippen molar-refractivity contribution < 1.29 is 19.1 Å². The molecule has 33 heavy (non-hydrogen) atoms. The van der Waals surface area contributed by atoms with Gasteiger partial charge in [-0.25, -0.2) is 0 Å². The van der Waals surface area contributed by atoms with Crippen molar-refractivity contribution in [3.8, 4) is 22.1 Å². The van der Waals surface area contributed by atoms with Crippen LogP contribution in [0.2, 0.25) is 0 Å². The minimum atomic E-state index is -0.690. The van der Waals surface area contributed by atoms with Gasteiger partial charge in [0.1, 0.15) is 22.5 Å². The van der Waals surface area contributed by atoms with Crippen molar-refractivity contribution >= 4 is 28.3 Å². The van der Waals surface area contributed by atoms with Crippen molar-refractivity contribution in [3.63, 3.8) is 0 Å². The van der Waals surface area contributed by atoms with E-state index in [0.29, 0.717) is 15.9 Å². The first kappa shape index (κ1) is 24.2. The Balaban J connectivity index is 1.66. The molecule has 1 heterocycles. The number of anilines is 1. The maximum atomic E-state index is 13.0. The van der Waals surface area contributed by atoms with Crippen LogP contribution in [-0.4, -0.2) is 42.3 Å². The fourth-order valence-electron chi connectivity index (χ4n) is 3.18. The van der Waals surface area contributed by atoms with Gasteiger partial charge in [0.25, 0.3) is 0 Å². The minimum absolute atomic E-state index is 0.0596. The van der Waals surface area contributed by atoms with E-state index in [0.717, 1.165) is 23.3 Å². The first-order valence-electron chi connectivity index (χ1n) is 10.6. The van der Waals surface area contributed by atoms with Crippen molar-refractivity contribution in [1.82, 2.24) is 15.5 Å². The fourth-order valence-corrected chi connectivity index (χ4v) is 3.93. The van der Waals surface area contributed by atoms with E-state index in [-0.39, 0.29) is 24.2 Å². The minimum Gasteiger partial charge on any atom is -0.497 e. The largest absolute Gasteiger partial charge is 0.497 e. The number of ether oxygens (including phenoxy) is 2. The van der Waals surface area contributed by atoms with Crippen LogP contribution in [0.25, 0.3) is 10.6 Å². The van der Waals surface area contributed by atoms with Gasteiger partial charge in [-0.15, -0.1) is 10.2 Å². The van der Waals surface area contributed by atoms with Gasteiger partial charge in [0, 0.05) is 5.56 Å². The van der Waals surface area contributed by atoms with Crippen molar-refractivity contribution in [2.24, 2.45) is 5.92 Å². The summed E-state index contributed by atoms with van der Waals surface area (Å²) < 4.78 is 10.4. The molecule has 2 amide bonds. The van der Waals surface area contributed by atoms with E-state index in [1.54, 1.807) is 26.4 Å². The molecule has 0 unspecified atom stereocenters. The van der Waals surface area contributed by atoms with Gasteiger partial charge in [0.2, 0.25) is 16.9 Å². The van der Waals surface area contributed by atoms with Crippen LogP contribution in [0.15, 0.2) is 48.5 Å². The lowest BCUT2D eigenvalue weighted by molar-refractivity contribution is -0.127. The number of carbonyl (C=O) groups excluding carboxylic acids is 2. The molecule has 3 rings (SSSR count). The van der Waals surface area contributed by atoms with E-state index in [9.17, 15) is 9.59 Å². The molecule has 0 radical (unpaired) electrons. The smallest absolute Gasteiger partial charge is 0.249 e. The van der Waals surface area contributed by atoms with Gasteiger partial charge < -0.3 is 14.8 Å². The fraction of sp³-hybridized carbons (Fsp3) is 0.333. The molecule has 0 aliphatic heterocycles. The molecule has 2 aromatic carbocycles. The first-order chi connectivity index (χ1) is 15.9. The number of hydrogen-bond acceptors (Lipinski definition) is 7. The summed E-state index contributed by atoms with van der Waals surface area (Å²) in [6, 6.07) is 14.0. The highest BCUT2D eigenvalue weighted by atomic mass is 32.1. The Morgan fingerprint density at radius 1 is 1.03 bits per heavy atom. The van der Waals surface area contributed by atoms with Crippen molar-refractivity contribution in [2.75, 3.05) is 19.5 Å². The van der Waals surface area contributed by atoms with E-state index in [1.807, 2.05) is 50.2 Å². The lowest BCUT2D eigenvalue weighted by Crippen LogP contribution is -2.48. The van der Waals surface area contributed by atoms with Crippen LogP contribution in [-0.2, 0) is 16.0 Å². The van der Waals surface area contributed by atoms with Crippen molar-refractivity contribution in [1.29, 1.82) is 0 Å². The van der Waals surface area contributed by atoms with Crippen LogP contribution >= 0.6 is 11.3 Å². The molecule has 8 nitrogen and oxygen atoms in total. The standard InChI is InChI=1S/C24H28N4O4S/c1-5-15(2)21(25-20(29)13-16-9-11-18(31-3)12-10-16)22(30)26-24-28-27-23(33-24)17-7-6-8-19(14-17)32-4/h6-12,14-15,21H,5,13H2,1-4H3,(H,25,29)(H,26,28,30)/t15-,21-/m1/s1. The molecule has 174 valence electrons. The molecule has 1 aromatic heterocycles. The van der Waals surface area contributed by atoms with Crippen LogP contribution in [0, 0.1) is 5.92 Å². The number of methoxy groups -OCH3 is 2. The highest BCUT2D eigenvalue weighted by Gasteiger charge is 2.27. The summed E-state index contributed by atoms with van der Waals surface area (Å²) in [7, 11) is 3.19. The second-order valence-corrected chi connectivity index (χ2v) is 8.57. The molecular weight excluding hydrogens is 440 g/mol. The lowest BCUT2D eigenvalue weighted by Gasteiger charge is -2.23. The number of nitrogens with zero attached hydrogens (tertiary/aromatic N) is 2. The van der Waals surface area contributed by atoms with Gasteiger partial charge in [-0.05, 0) is 35.7 Å². The second-order valence-electron chi connectivity index (χ2n) is 7.59. The topological polar surface area (TPSA) is 102 Å². The number of rotatable bonds is 10. The molecule has 0 spiro atoms. The predicted molar refractivity (Wildman–Crippen MR) is 129 cm³/mol. The van der Waals surface area contributed by atoms with Crippen molar-refractivity contribution in [3.05, 3.63) is 54.1 Å². The normalized spacial score (nSPS) is 12.5. The van der Waals surface area contributed by atoms with Crippen molar-refractivity contribution in [2.45, 2.75) is 32.7 Å². The van der Waals surface area contributed by atoms with Gasteiger partial charge >= 0.3 is 0 Å². The number of carbonyl (C=O) groups is 2. The molecule has 0 fully saturated rings. The summed E-state index contributed by atoms with van der Waals surface area (Å²) in [6.07, 6.45) is 0.898. The SMILES string of the molecule is CC[C@@H](C)[C@@H](NC(=O)Cc1ccc(OC)cc1)C(=O)Nc1nnc(-c2cccc(OC)c2)s1. The Morgan fingerprint density at radius 2 is 1.76 bits per heavy atom. The summed E-state index contributed by atoms with van der Waals surface area (Å²) in [5.74, 6) is 0.831. The molecule has 0 saturated heterocycles. The number of nitrogens with one attached hydrogen (secondary N) is 2. The zero-order valence-electron chi connectivity index (χ0n) is 19.1. The quantitative estimate of drug-likeness (QED) is 0.467. The average molecular weight is 469 g/mol. The monoisotopic (exact) mass is 468 g/mol. The number of aromatic nitrogens is 2. The molecular formula is C24H28N4O4S. The van der Waals surface area contributed by atoms with Gasteiger partial charge in [0.05, 0.1) is 20.6 Å². The lowest BCUT2D eigenvalue weighted by atomic mass is 9.98. The Bertz CT molecular complexity index is 1080. The molecule has 3 aromatic rings. The maximum absolute atomic E-state index is 13.0. The molecule has 0 bridgehead atoms. The summed E-state index contributed by atoms with van der Waals surface area (Å²) in [6.45, 7) is 3.91. The number of amides is 2. The summed E-state index contributed by atoms with van der Waals surface area (Å²) >= 11 is 1.26. The summed E-state index contributed by atoms with van der Waals surface area (Å²) in [4.78, 5) is 25.7. The van der Waals surface area contributed by atoms with Gasteiger partial charge in [0.15, 0.2) is 0 Å². The third-order valence-corrected chi connectivity index (χ3v) is 6.20. The summed E-state index contributed by atoms with van der Waals surface area (Å²) in [5, 5.41) is 15.0. The Labute approximate surface area is 197 Å². The van der Waals surface area contributed by atoms with Crippen LogP contribution < -0.4 is 20.1 Å². The molecule has 2 N–H and O–H groups in total. The molecule has 0 saturated carbocycles. The third-order valence-electron chi connectivity index (χ3n) is 5.31. The van der Waals surface area contributed by atoms with Gasteiger partial charge in [-0.3, -0.25) is 14.9 Å². The zero-order chi connectivity index (χ0) is 23.8. The highest BCUT2D eigenvalue weighted by molar-refractivity contribution is 7.18. The molecule has 0 aliphatic rings. The Hall–Kier alpha value is -3.46. The second kappa shape index (κ2) is 11.4. The molecule has 9 heteroatoms. The number of hydrogen-bond donors (Lipinski definition) is 2. The number of benzene rings is 2. The van der Waals surface area contributed by atoms with Crippen LogP contribution in [0.4, 0.5) is 5.13 Å². The van der Waals surface area contributed by atoms with E-state index in [4.69, 9.17) is 9.47 Å². The third kappa shape index (κ3) is 6.52. The highest BCUT2D eigenvalue weighted by Crippen LogP contribution is 2.29. The zero-order valence-corrected chi connectivity index (χ0v) is 19.9. The average Bonchev–Trinajstić information content (AvgIpc) is 3.31. The van der Waals surface area contributed by atoms with Crippen LogP contribution in [0.3, 0.4) is 0 Å². The van der Waals surface area contributed by atoms with Crippen LogP contribution in [0.5, 0.6) is 11.5 Å². The summed E-state index contributed by atoms with van der Waals surface area (Å²) in [5.41, 5.74) is 1.68. The van der Waals surface area contributed by atoms with E-state index >= 15 is 0 Å².